The molecule has 0 spiro atoms. The number of carbonyl (C=O) groups excluding carboxylic acids is 1. The third kappa shape index (κ3) is 2.46. The van der Waals surface area contributed by atoms with Gasteiger partial charge in [0.2, 0.25) is 5.91 Å². The van der Waals surface area contributed by atoms with Crippen molar-refractivity contribution >= 4 is 5.91 Å². The Morgan fingerprint density at radius 1 is 1.12 bits per heavy atom. The summed E-state index contributed by atoms with van der Waals surface area (Å²) in [6.07, 6.45) is 11.8. The molecule has 2 saturated carbocycles. The summed E-state index contributed by atoms with van der Waals surface area (Å²) in [7, 11) is 0. The van der Waals surface area contributed by atoms with Crippen LogP contribution in [-0.2, 0) is 4.79 Å². The van der Waals surface area contributed by atoms with Gasteiger partial charge in [-0.25, -0.2) is 0 Å². The summed E-state index contributed by atoms with van der Waals surface area (Å²) >= 11 is 0. The van der Waals surface area contributed by atoms with Crippen LogP contribution < -0.4 is 5.32 Å². The Kier molecular flexibility index (Phi) is 3.98. The number of amides is 1. The highest BCUT2D eigenvalue weighted by molar-refractivity contribution is 5.75. The van der Waals surface area contributed by atoms with Crippen LogP contribution in [0.15, 0.2) is 22.9 Å². The van der Waals surface area contributed by atoms with Gasteiger partial charge >= 0.3 is 0 Å². The highest BCUT2D eigenvalue weighted by atomic mass is 16.1. The number of rotatable bonds is 1. The molecule has 0 aromatic rings. The average molecular weight is 342 g/mol. The second-order valence-electron chi connectivity index (χ2n) is 10.1. The molecule has 0 radical (unpaired) electrons. The fourth-order valence-electron chi connectivity index (χ4n) is 7.20. The maximum atomic E-state index is 11.8. The SMILES string of the molecule is CC(=O)NC1=C(C)C[C@H]2[C@@H]3CC=C4C[C@@H](C)CC[C@]4(C)[C@H]3CC[C@]12C. The second kappa shape index (κ2) is 5.72. The number of hydrogen-bond acceptors (Lipinski definition) is 1. The van der Waals surface area contributed by atoms with Gasteiger partial charge in [0, 0.05) is 18.0 Å². The van der Waals surface area contributed by atoms with Crippen LogP contribution in [0.5, 0.6) is 0 Å². The van der Waals surface area contributed by atoms with E-state index in [-0.39, 0.29) is 11.3 Å². The Morgan fingerprint density at radius 3 is 2.56 bits per heavy atom. The lowest BCUT2D eigenvalue weighted by atomic mass is 9.47. The maximum Gasteiger partial charge on any atom is 0.221 e. The van der Waals surface area contributed by atoms with Crippen LogP contribution in [-0.4, -0.2) is 5.91 Å². The lowest BCUT2D eigenvalue weighted by Gasteiger charge is -2.57. The van der Waals surface area contributed by atoms with E-state index in [0.717, 1.165) is 17.8 Å². The smallest absolute Gasteiger partial charge is 0.221 e. The summed E-state index contributed by atoms with van der Waals surface area (Å²) in [5, 5.41) is 3.22. The monoisotopic (exact) mass is 341 g/mol. The standard InChI is InChI=1S/C23H35NO/c1-14-8-10-22(4)17(12-14)6-7-18-19(22)9-11-23(5)20(18)13-15(2)21(23)24-16(3)25/h6,14,18-20H,7-13H2,1-5H3,(H,24,25)/t14-,18+,19-,20-,22-,23-/m0/s1. The normalized spacial score (nSPS) is 46.0. The molecule has 6 atom stereocenters. The van der Waals surface area contributed by atoms with Crippen molar-refractivity contribution in [2.75, 3.05) is 0 Å². The highest BCUT2D eigenvalue weighted by Gasteiger charge is 2.57. The summed E-state index contributed by atoms with van der Waals surface area (Å²) < 4.78 is 0. The molecule has 138 valence electrons. The van der Waals surface area contributed by atoms with Crippen molar-refractivity contribution in [3.8, 4) is 0 Å². The molecule has 0 saturated heterocycles. The van der Waals surface area contributed by atoms with E-state index in [1.807, 2.05) is 0 Å². The predicted molar refractivity (Wildman–Crippen MR) is 103 cm³/mol. The molecule has 0 unspecified atom stereocenters. The van der Waals surface area contributed by atoms with Gasteiger partial charge in [-0.2, -0.15) is 0 Å². The van der Waals surface area contributed by atoms with Gasteiger partial charge in [-0.3, -0.25) is 4.79 Å². The number of fused-ring (bicyclic) bond motifs is 5. The molecule has 4 aliphatic carbocycles. The first-order chi connectivity index (χ1) is 11.8. The molecule has 2 nitrogen and oxygen atoms in total. The van der Waals surface area contributed by atoms with Gasteiger partial charge < -0.3 is 5.32 Å². The topological polar surface area (TPSA) is 29.1 Å². The lowest BCUT2D eigenvalue weighted by Crippen LogP contribution is -2.50. The summed E-state index contributed by atoms with van der Waals surface area (Å²) in [5.74, 6) is 3.32. The molecule has 0 aliphatic heterocycles. The number of nitrogens with one attached hydrogen (secondary N) is 1. The molecule has 0 heterocycles. The van der Waals surface area contributed by atoms with Crippen LogP contribution in [0.4, 0.5) is 0 Å². The van der Waals surface area contributed by atoms with Crippen LogP contribution in [0.2, 0.25) is 0 Å². The first-order valence-electron chi connectivity index (χ1n) is 10.4. The van der Waals surface area contributed by atoms with E-state index in [1.54, 1.807) is 12.5 Å². The van der Waals surface area contributed by atoms with Crippen molar-refractivity contribution in [2.45, 2.75) is 79.6 Å². The Hall–Kier alpha value is -1.05. The molecule has 0 aromatic carbocycles. The number of allylic oxidation sites excluding steroid dienone is 4. The first-order valence-corrected chi connectivity index (χ1v) is 10.4. The zero-order chi connectivity index (χ0) is 18.0. The Bertz CT molecular complexity index is 659. The van der Waals surface area contributed by atoms with Crippen molar-refractivity contribution in [3.05, 3.63) is 22.9 Å². The van der Waals surface area contributed by atoms with E-state index < -0.39 is 0 Å². The van der Waals surface area contributed by atoms with Gasteiger partial charge in [-0.05, 0) is 81.0 Å². The van der Waals surface area contributed by atoms with Gasteiger partial charge in [0.05, 0.1) is 0 Å². The molecule has 2 heteroatoms. The third-order valence-electron chi connectivity index (χ3n) is 8.56. The Morgan fingerprint density at radius 2 is 1.84 bits per heavy atom. The van der Waals surface area contributed by atoms with E-state index in [0.29, 0.717) is 11.3 Å². The minimum atomic E-state index is 0.0948. The minimum Gasteiger partial charge on any atom is -0.330 e. The highest BCUT2D eigenvalue weighted by Crippen LogP contribution is 2.65. The summed E-state index contributed by atoms with van der Waals surface area (Å²) in [6, 6.07) is 0. The third-order valence-corrected chi connectivity index (χ3v) is 8.56. The molecule has 0 aromatic heterocycles. The molecule has 1 N–H and O–H groups in total. The summed E-state index contributed by atoms with van der Waals surface area (Å²) in [6.45, 7) is 11.3. The molecule has 4 rings (SSSR count). The zero-order valence-electron chi connectivity index (χ0n) is 16.7. The van der Waals surface area contributed by atoms with Crippen molar-refractivity contribution in [1.29, 1.82) is 0 Å². The van der Waals surface area contributed by atoms with Crippen LogP contribution in [0.3, 0.4) is 0 Å². The van der Waals surface area contributed by atoms with Gasteiger partial charge in [0.15, 0.2) is 0 Å². The summed E-state index contributed by atoms with van der Waals surface area (Å²) in [4.78, 5) is 11.8. The van der Waals surface area contributed by atoms with Crippen LogP contribution in [0, 0.1) is 34.5 Å². The molecule has 0 bridgehead atoms. The molecule has 4 aliphatic rings. The van der Waals surface area contributed by atoms with E-state index in [1.165, 1.54) is 56.2 Å². The first kappa shape index (κ1) is 17.4. The average Bonchev–Trinajstić information content (AvgIpc) is 2.79. The molecule has 2 fully saturated rings. The van der Waals surface area contributed by atoms with E-state index in [9.17, 15) is 4.79 Å². The molecule has 25 heavy (non-hydrogen) atoms. The largest absolute Gasteiger partial charge is 0.330 e. The fourth-order valence-corrected chi connectivity index (χ4v) is 7.20. The van der Waals surface area contributed by atoms with Crippen molar-refractivity contribution in [1.82, 2.24) is 5.32 Å². The van der Waals surface area contributed by atoms with Gasteiger partial charge in [-0.15, -0.1) is 0 Å². The number of hydrogen-bond donors (Lipinski definition) is 1. The van der Waals surface area contributed by atoms with Gasteiger partial charge in [0.1, 0.15) is 0 Å². The second-order valence-corrected chi connectivity index (χ2v) is 10.1. The van der Waals surface area contributed by atoms with E-state index in [2.05, 4.69) is 39.1 Å². The minimum absolute atomic E-state index is 0.0948. The zero-order valence-corrected chi connectivity index (χ0v) is 16.7. The molecule has 1 amide bonds. The lowest BCUT2D eigenvalue weighted by molar-refractivity contribution is -0.118. The van der Waals surface area contributed by atoms with Crippen molar-refractivity contribution in [3.63, 3.8) is 0 Å². The van der Waals surface area contributed by atoms with Gasteiger partial charge in [-0.1, -0.05) is 38.0 Å². The quantitative estimate of drug-likeness (QED) is 0.617. The van der Waals surface area contributed by atoms with E-state index >= 15 is 0 Å². The fraction of sp³-hybridized carbons (Fsp3) is 0.783. The number of carbonyl (C=O) groups is 1. The Labute approximate surface area is 153 Å². The van der Waals surface area contributed by atoms with Gasteiger partial charge in [0.25, 0.3) is 0 Å². The van der Waals surface area contributed by atoms with Crippen molar-refractivity contribution in [2.24, 2.45) is 34.5 Å². The van der Waals surface area contributed by atoms with Crippen LogP contribution in [0.25, 0.3) is 0 Å². The molecular formula is C23H35NO. The van der Waals surface area contributed by atoms with Crippen molar-refractivity contribution < 1.29 is 4.79 Å². The van der Waals surface area contributed by atoms with Crippen LogP contribution >= 0.6 is 0 Å². The van der Waals surface area contributed by atoms with Crippen LogP contribution in [0.1, 0.15) is 79.6 Å². The predicted octanol–water partition coefficient (Wildman–Crippen LogP) is 5.61. The maximum absolute atomic E-state index is 11.8. The molecular weight excluding hydrogens is 306 g/mol. The summed E-state index contributed by atoms with van der Waals surface area (Å²) in [5.41, 5.74) is 5.10. The Balaban J connectivity index is 1.66. The van der Waals surface area contributed by atoms with E-state index in [4.69, 9.17) is 0 Å².